The lowest BCUT2D eigenvalue weighted by Gasteiger charge is -2.46. The summed E-state index contributed by atoms with van der Waals surface area (Å²) in [7, 11) is -2.37. The maximum absolute atomic E-state index is 15.4. The summed E-state index contributed by atoms with van der Waals surface area (Å²) in [5.74, 6) is -1.33. The molecule has 1 amide bonds. The average molecular weight is 552 g/mol. The minimum Gasteiger partial charge on any atom is -0.495 e. The predicted molar refractivity (Wildman–Crippen MR) is 130 cm³/mol. The molecular weight excluding hydrogens is 527 g/mol. The van der Waals surface area contributed by atoms with Crippen molar-refractivity contribution >= 4 is 21.6 Å². The van der Waals surface area contributed by atoms with E-state index in [0.717, 1.165) is 6.07 Å². The van der Waals surface area contributed by atoms with Gasteiger partial charge in [-0.2, -0.15) is 4.31 Å². The van der Waals surface area contributed by atoms with Crippen LogP contribution in [0.15, 0.2) is 53.3 Å². The molecule has 0 aliphatic carbocycles. The van der Waals surface area contributed by atoms with Crippen molar-refractivity contribution in [2.45, 2.75) is 30.7 Å². The molecule has 0 bridgehead atoms. The number of hydrogen-bond acceptors (Lipinski definition) is 7. The van der Waals surface area contributed by atoms with E-state index in [-0.39, 0.29) is 65.7 Å². The van der Waals surface area contributed by atoms with E-state index in [0.29, 0.717) is 0 Å². The number of carbonyl (C=O) groups excluding carboxylic acids is 1. The SMILES string of the molecule is COc1cc(-c2cccc(C(F)F)c2)c(F)cc1N1C(=O)CO[C@@H]2CN(S(=O)(=O)Cc3ccon3)CC[C@H]21. The number of anilines is 1. The van der Waals surface area contributed by atoms with Crippen LogP contribution in [-0.4, -0.2) is 62.7 Å². The fourth-order valence-corrected chi connectivity index (χ4v) is 6.34. The Morgan fingerprint density at radius 2 is 2.03 bits per heavy atom. The standard InChI is InChI=1S/C25H24F3N3O6S/c1-35-22-10-18(15-3-2-4-16(9-15)25(27)28)19(26)11-21(22)31-20-5-7-30(12-23(20)36-13-24(31)32)38(33,34)14-17-6-8-37-29-17/h2-4,6,8-11,20,23,25H,5,7,12-14H2,1H3/t20-,23-/m1/s1. The maximum Gasteiger partial charge on any atom is 0.263 e. The van der Waals surface area contributed by atoms with Gasteiger partial charge in [-0.1, -0.05) is 23.4 Å². The van der Waals surface area contributed by atoms with Gasteiger partial charge in [0.25, 0.3) is 12.3 Å². The van der Waals surface area contributed by atoms with Crippen LogP contribution in [0.2, 0.25) is 0 Å². The summed E-state index contributed by atoms with van der Waals surface area (Å²) >= 11 is 0. The summed E-state index contributed by atoms with van der Waals surface area (Å²) in [6.45, 7) is -0.225. The second-order valence-electron chi connectivity index (χ2n) is 9.00. The van der Waals surface area contributed by atoms with E-state index < -0.39 is 40.3 Å². The zero-order valence-electron chi connectivity index (χ0n) is 20.2. The second kappa shape index (κ2) is 10.4. The number of methoxy groups -OCH3 is 1. The van der Waals surface area contributed by atoms with Gasteiger partial charge in [-0.05, 0) is 24.1 Å². The van der Waals surface area contributed by atoms with Crippen molar-refractivity contribution in [3.63, 3.8) is 0 Å². The Morgan fingerprint density at radius 3 is 2.74 bits per heavy atom. The fourth-order valence-electron chi connectivity index (χ4n) is 4.88. The molecule has 2 saturated heterocycles. The highest BCUT2D eigenvalue weighted by Crippen LogP contribution is 2.40. The zero-order valence-corrected chi connectivity index (χ0v) is 21.0. The number of amides is 1. The number of alkyl halides is 2. The molecule has 202 valence electrons. The Morgan fingerprint density at radius 1 is 1.21 bits per heavy atom. The largest absolute Gasteiger partial charge is 0.495 e. The topological polar surface area (TPSA) is 102 Å². The molecule has 3 heterocycles. The third-order valence-electron chi connectivity index (χ3n) is 6.70. The van der Waals surface area contributed by atoms with Crippen molar-refractivity contribution in [2.24, 2.45) is 0 Å². The van der Waals surface area contributed by atoms with Gasteiger partial charge in [-0.3, -0.25) is 4.79 Å². The number of fused-ring (bicyclic) bond motifs is 1. The van der Waals surface area contributed by atoms with Crippen LogP contribution in [0, 0.1) is 5.82 Å². The number of halogens is 3. The number of hydrogen-bond donors (Lipinski definition) is 0. The molecule has 0 spiro atoms. The van der Waals surface area contributed by atoms with Crippen molar-refractivity contribution in [3.05, 3.63) is 65.8 Å². The fraction of sp³-hybridized carbons (Fsp3) is 0.360. The van der Waals surface area contributed by atoms with Crippen LogP contribution in [0.25, 0.3) is 11.1 Å². The number of nitrogens with zero attached hydrogens (tertiary/aromatic N) is 3. The highest BCUT2D eigenvalue weighted by molar-refractivity contribution is 7.88. The Bertz CT molecular complexity index is 1430. The van der Waals surface area contributed by atoms with Crippen LogP contribution in [0.5, 0.6) is 5.75 Å². The van der Waals surface area contributed by atoms with Crippen molar-refractivity contribution in [3.8, 4) is 16.9 Å². The van der Waals surface area contributed by atoms with E-state index in [1.165, 1.54) is 59.0 Å². The molecule has 0 radical (unpaired) electrons. The van der Waals surface area contributed by atoms with Crippen molar-refractivity contribution in [1.29, 1.82) is 0 Å². The van der Waals surface area contributed by atoms with E-state index in [1.54, 1.807) is 0 Å². The van der Waals surface area contributed by atoms with E-state index in [1.807, 2.05) is 0 Å². The smallest absolute Gasteiger partial charge is 0.263 e. The Hall–Kier alpha value is -3.42. The molecule has 3 aromatic rings. The van der Waals surface area contributed by atoms with E-state index >= 15 is 4.39 Å². The summed E-state index contributed by atoms with van der Waals surface area (Å²) in [5, 5.41) is 3.66. The number of ether oxygens (including phenoxy) is 2. The molecule has 2 fully saturated rings. The average Bonchev–Trinajstić information content (AvgIpc) is 3.40. The van der Waals surface area contributed by atoms with Crippen LogP contribution >= 0.6 is 0 Å². The van der Waals surface area contributed by atoms with Gasteiger partial charge in [0.1, 0.15) is 30.2 Å². The lowest BCUT2D eigenvalue weighted by atomic mass is 9.97. The van der Waals surface area contributed by atoms with Gasteiger partial charge in [-0.25, -0.2) is 21.6 Å². The van der Waals surface area contributed by atoms with Gasteiger partial charge in [-0.15, -0.1) is 0 Å². The summed E-state index contributed by atoms with van der Waals surface area (Å²) in [6, 6.07) is 8.77. The number of sulfonamides is 1. The molecule has 2 aromatic carbocycles. The Labute approximate surface area is 216 Å². The first-order chi connectivity index (χ1) is 18.2. The lowest BCUT2D eigenvalue weighted by Crippen LogP contribution is -2.62. The third kappa shape index (κ3) is 5.00. The van der Waals surface area contributed by atoms with Gasteiger partial charge >= 0.3 is 0 Å². The van der Waals surface area contributed by atoms with E-state index in [9.17, 15) is 22.0 Å². The molecule has 0 unspecified atom stereocenters. The molecule has 2 aliphatic heterocycles. The number of benzene rings is 2. The quantitative estimate of drug-likeness (QED) is 0.441. The molecule has 2 aliphatic rings. The van der Waals surface area contributed by atoms with E-state index in [4.69, 9.17) is 14.0 Å². The Kier molecular flexibility index (Phi) is 7.16. The van der Waals surface area contributed by atoms with Crippen molar-refractivity contribution in [1.82, 2.24) is 9.46 Å². The molecule has 2 atom stereocenters. The highest BCUT2D eigenvalue weighted by Gasteiger charge is 2.44. The molecule has 13 heteroatoms. The van der Waals surface area contributed by atoms with Gasteiger partial charge in [0.05, 0.1) is 30.6 Å². The lowest BCUT2D eigenvalue weighted by molar-refractivity contribution is -0.134. The minimum absolute atomic E-state index is 0.00205. The van der Waals surface area contributed by atoms with E-state index in [2.05, 4.69) is 5.16 Å². The number of carbonyl (C=O) groups is 1. The molecule has 9 nitrogen and oxygen atoms in total. The summed E-state index contributed by atoms with van der Waals surface area (Å²) in [5.41, 5.74) is 0.455. The maximum atomic E-state index is 15.4. The van der Waals surface area contributed by atoms with Crippen LogP contribution in [0.4, 0.5) is 18.9 Å². The normalized spacial score (nSPS) is 20.6. The first-order valence-electron chi connectivity index (χ1n) is 11.7. The molecule has 1 aromatic heterocycles. The number of aromatic nitrogens is 1. The van der Waals surface area contributed by atoms with Crippen LogP contribution in [-0.2, 0) is 25.3 Å². The minimum atomic E-state index is -3.73. The third-order valence-corrected chi connectivity index (χ3v) is 8.48. The Balaban J connectivity index is 1.43. The number of rotatable bonds is 7. The van der Waals surface area contributed by atoms with Crippen LogP contribution in [0.3, 0.4) is 0 Å². The molecule has 38 heavy (non-hydrogen) atoms. The molecular formula is C25H24F3N3O6S. The second-order valence-corrected chi connectivity index (χ2v) is 11.0. The first-order valence-corrected chi connectivity index (χ1v) is 13.4. The van der Waals surface area contributed by atoms with Crippen LogP contribution in [0.1, 0.15) is 24.1 Å². The zero-order chi connectivity index (χ0) is 27.0. The molecule has 0 N–H and O–H groups in total. The number of morpholine rings is 1. The molecule has 0 saturated carbocycles. The summed E-state index contributed by atoms with van der Waals surface area (Å²) in [6.07, 6.45) is -1.85. The monoisotopic (exact) mass is 551 g/mol. The molecule has 5 rings (SSSR count). The van der Waals surface area contributed by atoms with Crippen molar-refractivity contribution < 1.29 is 40.4 Å². The first kappa shape index (κ1) is 26.2. The summed E-state index contributed by atoms with van der Waals surface area (Å²) < 4.78 is 84.8. The summed E-state index contributed by atoms with van der Waals surface area (Å²) in [4.78, 5) is 14.4. The van der Waals surface area contributed by atoms with Gasteiger partial charge in [0.15, 0.2) is 0 Å². The van der Waals surface area contributed by atoms with Gasteiger partial charge < -0.3 is 18.9 Å². The van der Waals surface area contributed by atoms with Gasteiger partial charge in [0.2, 0.25) is 10.0 Å². The number of piperidine rings is 1. The predicted octanol–water partition coefficient (Wildman–Crippen LogP) is 3.76. The van der Waals surface area contributed by atoms with Crippen LogP contribution < -0.4 is 9.64 Å². The highest BCUT2D eigenvalue weighted by atomic mass is 32.2. The van der Waals surface area contributed by atoms with Crippen molar-refractivity contribution in [2.75, 3.05) is 31.7 Å². The van der Waals surface area contributed by atoms with Gasteiger partial charge in [0, 0.05) is 36.3 Å².